The zero-order valence-corrected chi connectivity index (χ0v) is 14.6. The van der Waals surface area contributed by atoms with E-state index in [1.54, 1.807) is 6.20 Å². The molecule has 1 fully saturated rings. The van der Waals surface area contributed by atoms with Crippen LogP contribution in [-0.2, 0) is 0 Å². The van der Waals surface area contributed by atoms with E-state index in [4.69, 9.17) is 5.73 Å². The molecule has 0 saturated carbocycles. The Labute approximate surface area is 148 Å². The van der Waals surface area contributed by atoms with Gasteiger partial charge in [0.25, 0.3) is 0 Å². The van der Waals surface area contributed by atoms with E-state index in [0.29, 0.717) is 17.5 Å². The Morgan fingerprint density at radius 1 is 1.12 bits per heavy atom. The summed E-state index contributed by atoms with van der Waals surface area (Å²) in [5.41, 5.74) is 9.10. The minimum atomic E-state index is 0.493. The lowest BCUT2D eigenvalue weighted by Gasteiger charge is -2.33. The molecule has 0 amide bonds. The van der Waals surface area contributed by atoms with E-state index in [1.807, 2.05) is 12.1 Å². The number of aromatic nitrogens is 1. The molecule has 1 saturated heterocycles. The number of likely N-dealkylation sites (tertiary alicyclic amines) is 1. The SMILES string of the molecule is CN1CCCCC1c1cccc2ccc(Nc3ncccc3N)cc12. The third kappa shape index (κ3) is 3.17. The number of nitrogens with zero attached hydrogens (tertiary/aromatic N) is 2. The first kappa shape index (κ1) is 15.9. The molecule has 1 unspecified atom stereocenters. The van der Waals surface area contributed by atoms with Crippen molar-refractivity contribution in [3.8, 4) is 0 Å². The fourth-order valence-corrected chi connectivity index (χ4v) is 3.79. The van der Waals surface area contributed by atoms with E-state index >= 15 is 0 Å². The second-order valence-electron chi connectivity index (χ2n) is 6.84. The summed E-state index contributed by atoms with van der Waals surface area (Å²) in [6.45, 7) is 1.17. The third-order valence-electron chi connectivity index (χ3n) is 5.15. The van der Waals surface area contributed by atoms with Gasteiger partial charge < -0.3 is 11.1 Å². The fraction of sp³-hybridized carbons (Fsp3) is 0.286. The number of hydrogen-bond acceptors (Lipinski definition) is 4. The molecule has 2 heterocycles. The summed E-state index contributed by atoms with van der Waals surface area (Å²) in [6.07, 6.45) is 5.57. The zero-order valence-electron chi connectivity index (χ0n) is 14.6. The maximum absolute atomic E-state index is 6.01. The molecule has 4 rings (SSSR count). The van der Waals surface area contributed by atoms with Gasteiger partial charge in [-0.05, 0) is 67.0 Å². The van der Waals surface area contributed by atoms with Crippen molar-refractivity contribution in [2.75, 3.05) is 24.6 Å². The van der Waals surface area contributed by atoms with Crippen LogP contribution >= 0.6 is 0 Å². The Balaban J connectivity index is 1.74. The van der Waals surface area contributed by atoms with Crippen molar-refractivity contribution in [2.24, 2.45) is 0 Å². The minimum absolute atomic E-state index is 0.493. The van der Waals surface area contributed by atoms with Gasteiger partial charge in [0.15, 0.2) is 5.82 Å². The molecular weight excluding hydrogens is 308 g/mol. The number of fused-ring (bicyclic) bond motifs is 1. The van der Waals surface area contributed by atoms with Gasteiger partial charge in [-0.3, -0.25) is 4.90 Å². The molecule has 0 spiro atoms. The molecular formula is C21H24N4. The van der Waals surface area contributed by atoms with Crippen LogP contribution in [0.25, 0.3) is 10.8 Å². The minimum Gasteiger partial charge on any atom is -0.396 e. The smallest absolute Gasteiger partial charge is 0.153 e. The number of nitrogen functional groups attached to an aromatic ring is 1. The maximum Gasteiger partial charge on any atom is 0.153 e. The Hall–Kier alpha value is -2.59. The van der Waals surface area contributed by atoms with Gasteiger partial charge in [-0.2, -0.15) is 0 Å². The third-order valence-corrected chi connectivity index (χ3v) is 5.15. The number of nitrogens with two attached hydrogens (primary N) is 1. The monoisotopic (exact) mass is 332 g/mol. The normalized spacial score (nSPS) is 18.4. The lowest BCUT2D eigenvalue weighted by molar-refractivity contribution is 0.188. The summed E-state index contributed by atoms with van der Waals surface area (Å²) < 4.78 is 0. The molecule has 25 heavy (non-hydrogen) atoms. The molecule has 128 valence electrons. The summed E-state index contributed by atoms with van der Waals surface area (Å²) in [5.74, 6) is 0.703. The van der Waals surface area contributed by atoms with Crippen molar-refractivity contribution in [1.29, 1.82) is 0 Å². The first-order valence-electron chi connectivity index (χ1n) is 8.93. The van der Waals surface area contributed by atoms with E-state index in [0.717, 1.165) is 5.69 Å². The highest BCUT2D eigenvalue weighted by molar-refractivity contribution is 5.90. The van der Waals surface area contributed by atoms with Gasteiger partial charge in [0, 0.05) is 17.9 Å². The second kappa shape index (κ2) is 6.73. The molecule has 1 aliphatic heterocycles. The van der Waals surface area contributed by atoms with Crippen LogP contribution in [0.2, 0.25) is 0 Å². The second-order valence-corrected chi connectivity index (χ2v) is 6.84. The molecule has 0 aliphatic carbocycles. The van der Waals surface area contributed by atoms with Crippen LogP contribution in [0, 0.1) is 0 Å². The van der Waals surface area contributed by atoms with Gasteiger partial charge in [0.05, 0.1) is 5.69 Å². The number of piperidine rings is 1. The van der Waals surface area contributed by atoms with Gasteiger partial charge in [-0.15, -0.1) is 0 Å². The van der Waals surface area contributed by atoms with Gasteiger partial charge >= 0.3 is 0 Å². The van der Waals surface area contributed by atoms with Crippen LogP contribution in [0.1, 0.15) is 30.9 Å². The van der Waals surface area contributed by atoms with Gasteiger partial charge in [0.1, 0.15) is 0 Å². The molecule has 2 aromatic carbocycles. The summed E-state index contributed by atoms with van der Waals surface area (Å²) in [7, 11) is 2.24. The standard InChI is InChI=1S/C21H24N4/c1-25-13-3-2-9-20(25)17-7-4-6-15-10-11-16(14-18(15)17)24-21-19(22)8-5-12-23-21/h4-8,10-12,14,20H,2-3,9,13,22H2,1H3,(H,23,24). The number of nitrogens with one attached hydrogen (secondary N) is 1. The van der Waals surface area contributed by atoms with Crippen molar-refractivity contribution in [3.63, 3.8) is 0 Å². The number of anilines is 3. The highest BCUT2D eigenvalue weighted by Gasteiger charge is 2.22. The van der Waals surface area contributed by atoms with Gasteiger partial charge in [0.2, 0.25) is 0 Å². The van der Waals surface area contributed by atoms with E-state index in [2.05, 4.69) is 58.6 Å². The maximum atomic E-state index is 6.01. The molecule has 0 radical (unpaired) electrons. The van der Waals surface area contributed by atoms with Crippen molar-refractivity contribution >= 4 is 28.0 Å². The molecule has 0 bridgehead atoms. The Morgan fingerprint density at radius 3 is 2.88 bits per heavy atom. The molecule has 1 aromatic heterocycles. The molecule has 4 heteroatoms. The lowest BCUT2D eigenvalue weighted by Crippen LogP contribution is -2.29. The predicted octanol–water partition coefficient (Wildman–Crippen LogP) is 4.72. The molecule has 3 N–H and O–H groups in total. The van der Waals surface area contributed by atoms with E-state index in [1.165, 1.54) is 42.1 Å². The van der Waals surface area contributed by atoms with E-state index < -0.39 is 0 Å². The van der Waals surface area contributed by atoms with Crippen molar-refractivity contribution in [2.45, 2.75) is 25.3 Å². The highest BCUT2D eigenvalue weighted by Crippen LogP contribution is 2.35. The Morgan fingerprint density at radius 2 is 2.04 bits per heavy atom. The molecule has 4 nitrogen and oxygen atoms in total. The summed E-state index contributed by atoms with van der Waals surface area (Å²) in [4.78, 5) is 6.81. The Bertz CT molecular complexity index is 890. The molecule has 1 aliphatic rings. The predicted molar refractivity (Wildman–Crippen MR) is 105 cm³/mol. The molecule has 3 aromatic rings. The zero-order chi connectivity index (χ0) is 17.2. The van der Waals surface area contributed by atoms with E-state index in [9.17, 15) is 0 Å². The summed E-state index contributed by atoms with van der Waals surface area (Å²) in [5, 5.41) is 5.94. The first-order chi connectivity index (χ1) is 12.2. The number of hydrogen-bond donors (Lipinski definition) is 2. The van der Waals surface area contributed by atoms with Crippen LogP contribution in [0.5, 0.6) is 0 Å². The number of pyridine rings is 1. The summed E-state index contributed by atoms with van der Waals surface area (Å²) >= 11 is 0. The van der Waals surface area contributed by atoms with Crippen LogP contribution in [0.15, 0.2) is 54.7 Å². The quantitative estimate of drug-likeness (QED) is 0.729. The van der Waals surface area contributed by atoms with Crippen molar-refractivity contribution < 1.29 is 0 Å². The topological polar surface area (TPSA) is 54.2 Å². The summed E-state index contributed by atoms with van der Waals surface area (Å²) in [6, 6.07) is 17.3. The van der Waals surface area contributed by atoms with Gasteiger partial charge in [-0.1, -0.05) is 30.7 Å². The largest absolute Gasteiger partial charge is 0.396 e. The number of rotatable bonds is 3. The fourth-order valence-electron chi connectivity index (χ4n) is 3.79. The van der Waals surface area contributed by atoms with Crippen LogP contribution in [0.4, 0.5) is 17.2 Å². The first-order valence-corrected chi connectivity index (χ1v) is 8.93. The average Bonchev–Trinajstić information content (AvgIpc) is 2.64. The van der Waals surface area contributed by atoms with Crippen LogP contribution < -0.4 is 11.1 Å². The van der Waals surface area contributed by atoms with Crippen molar-refractivity contribution in [3.05, 3.63) is 60.3 Å². The number of benzene rings is 2. The van der Waals surface area contributed by atoms with Crippen LogP contribution in [0.3, 0.4) is 0 Å². The highest BCUT2D eigenvalue weighted by atomic mass is 15.1. The van der Waals surface area contributed by atoms with Crippen molar-refractivity contribution in [1.82, 2.24) is 9.88 Å². The lowest BCUT2D eigenvalue weighted by atomic mass is 9.91. The molecule has 1 atom stereocenters. The van der Waals surface area contributed by atoms with Gasteiger partial charge in [-0.25, -0.2) is 4.98 Å². The van der Waals surface area contributed by atoms with Crippen LogP contribution in [-0.4, -0.2) is 23.5 Å². The Kier molecular flexibility index (Phi) is 4.28. The van der Waals surface area contributed by atoms with E-state index in [-0.39, 0.29) is 0 Å². The average molecular weight is 332 g/mol.